The van der Waals surface area contributed by atoms with Gasteiger partial charge in [0, 0.05) is 5.56 Å². The Hall–Kier alpha value is -1.96. The predicted octanol–water partition coefficient (Wildman–Crippen LogP) is 2.53. The lowest BCUT2D eigenvalue weighted by atomic mass is 10.1. The first-order valence-electron chi connectivity index (χ1n) is 4.27. The number of alkyl halides is 3. The normalized spacial score (nSPS) is 10.4. The van der Waals surface area contributed by atoms with Gasteiger partial charge in [-0.15, -0.1) is 0 Å². The molecule has 16 heavy (non-hydrogen) atoms. The molecule has 1 aromatic rings. The summed E-state index contributed by atoms with van der Waals surface area (Å²) in [5, 5.41) is 8.29. The molecule has 0 heterocycles. The summed E-state index contributed by atoms with van der Waals surface area (Å²) in [6.07, 6.45) is -4.80. The van der Waals surface area contributed by atoms with Gasteiger partial charge in [-0.25, -0.2) is 0 Å². The Balaban J connectivity index is 2.90. The number of carboxylic acids is 1. The Morgan fingerprint density at radius 3 is 2.62 bits per heavy atom. The van der Waals surface area contributed by atoms with Crippen molar-refractivity contribution in [3.63, 3.8) is 0 Å². The van der Waals surface area contributed by atoms with E-state index in [0.717, 1.165) is 12.1 Å². The molecule has 1 aromatic carbocycles. The first-order valence-corrected chi connectivity index (χ1v) is 4.27. The molecule has 1 N–H and O–H groups in total. The number of carbonyl (C=O) groups is 1. The van der Waals surface area contributed by atoms with Crippen LogP contribution in [-0.4, -0.2) is 11.1 Å². The zero-order valence-electron chi connectivity index (χ0n) is 8.01. The first-order chi connectivity index (χ1) is 7.39. The van der Waals surface area contributed by atoms with E-state index in [1.807, 2.05) is 0 Å². The van der Waals surface area contributed by atoms with Gasteiger partial charge in [0.15, 0.2) is 0 Å². The monoisotopic (exact) mass is 228 g/mol. The Bertz CT molecular complexity index is 452. The van der Waals surface area contributed by atoms with E-state index < -0.39 is 24.1 Å². The maximum absolute atomic E-state index is 12.3. The lowest BCUT2D eigenvalue weighted by molar-refractivity contribution is -0.138. The summed E-state index contributed by atoms with van der Waals surface area (Å²) < 4.78 is 36.8. The summed E-state index contributed by atoms with van der Waals surface area (Å²) in [4.78, 5) is 10.1. The van der Waals surface area contributed by atoms with Crippen molar-refractivity contribution in [3.8, 4) is 11.8 Å². The maximum Gasteiger partial charge on any atom is 0.416 e. The Labute approximate surface area is 89.7 Å². The van der Waals surface area contributed by atoms with Crippen LogP contribution < -0.4 is 0 Å². The number of benzene rings is 1. The predicted molar refractivity (Wildman–Crippen MR) is 50.6 cm³/mol. The highest BCUT2D eigenvalue weighted by Gasteiger charge is 2.30. The second-order valence-corrected chi connectivity index (χ2v) is 2.95. The second-order valence-electron chi connectivity index (χ2n) is 2.95. The van der Waals surface area contributed by atoms with Gasteiger partial charge in [-0.2, -0.15) is 13.2 Å². The third kappa shape index (κ3) is 3.65. The molecule has 2 nitrogen and oxygen atoms in total. The number of hydrogen-bond acceptors (Lipinski definition) is 1. The largest absolute Gasteiger partial charge is 0.481 e. The van der Waals surface area contributed by atoms with E-state index in [9.17, 15) is 18.0 Å². The van der Waals surface area contributed by atoms with Crippen molar-refractivity contribution in [3.05, 3.63) is 35.4 Å². The molecule has 0 radical (unpaired) electrons. The van der Waals surface area contributed by atoms with Crippen molar-refractivity contribution in [2.75, 3.05) is 0 Å². The van der Waals surface area contributed by atoms with Gasteiger partial charge in [0.2, 0.25) is 0 Å². The molecule has 84 valence electrons. The molecule has 0 spiro atoms. The Kier molecular flexibility index (Phi) is 3.56. The Morgan fingerprint density at radius 1 is 1.38 bits per heavy atom. The summed E-state index contributed by atoms with van der Waals surface area (Å²) >= 11 is 0. The molecule has 0 aliphatic heterocycles. The van der Waals surface area contributed by atoms with Crippen LogP contribution in [0.2, 0.25) is 0 Å². The van der Waals surface area contributed by atoms with Crippen molar-refractivity contribution in [1.29, 1.82) is 0 Å². The molecule has 0 amide bonds. The molecule has 5 heteroatoms. The van der Waals surface area contributed by atoms with Crippen molar-refractivity contribution in [2.24, 2.45) is 0 Å². The van der Waals surface area contributed by atoms with E-state index in [1.54, 1.807) is 0 Å². The van der Waals surface area contributed by atoms with Gasteiger partial charge in [0.25, 0.3) is 0 Å². The molecule has 0 aliphatic rings. The van der Waals surface area contributed by atoms with Crippen LogP contribution >= 0.6 is 0 Å². The molecule has 0 saturated heterocycles. The SMILES string of the molecule is O=C(O)CC#Cc1cccc(C(F)(F)F)c1. The first kappa shape index (κ1) is 12.1. The molecule has 0 atom stereocenters. The number of hydrogen-bond donors (Lipinski definition) is 1. The average Bonchev–Trinajstić information content (AvgIpc) is 2.16. The summed E-state index contributed by atoms with van der Waals surface area (Å²) in [5.74, 6) is 3.51. The van der Waals surface area contributed by atoms with Crippen LogP contribution in [0.1, 0.15) is 17.5 Å². The van der Waals surface area contributed by atoms with E-state index >= 15 is 0 Å². The summed E-state index contributed by atoms with van der Waals surface area (Å²) in [6, 6.07) is 4.44. The zero-order valence-corrected chi connectivity index (χ0v) is 8.01. The van der Waals surface area contributed by atoms with Crippen LogP contribution in [0.4, 0.5) is 13.2 Å². The van der Waals surface area contributed by atoms with Crippen LogP contribution in [0.3, 0.4) is 0 Å². The molecule has 0 fully saturated rings. The fraction of sp³-hybridized carbons (Fsp3) is 0.182. The minimum Gasteiger partial charge on any atom is -0.481 e. The third-order valence-corrected chi connectivity index (χ3v) is 1.66. The molecule has 0 saturated carbocycles. The highest BCUT2D eigenvalue weighted by molar-refractivity contribution is 5.70. The second kappa shape index (κ2) is 4.71. The van der Waals surface area contributed by atoms with Gasteiger partial charge in [0.1, 0.15) is 6.42 Å². The van der Waals surface area contributed by atoms with E-state index in [4.69, 9.17) is 5.11 Å². The topological polar surface area (TPSA) is 37.3 Å². The highest BCUT2D eigenvalue weighted by atomic mass is 19.4. The van der Waals surface area contributed by atoms with Crippen LogP contribution in [0.25, 0.3) is 0 Å². The van der Waals surface area contributed by atoms with Crippen molar-refractivity contribution >= 4 is 5.97 Å². The number of carboxylic acid groups (broad SMARTS) is 1. The van der Waals surface area contributed by atoms with E-state index in [1.165, 1.54) is 12.1 Å². The minimum absolute atomic E-state index is 0.149. The molecular formula is C11H7F3O2. The van der Waals surface area contributed by atoms with Crippen LogP contribution in [-0.2, 0) is 11.0 Å². The van der Waals surface area contributed by atoms with Crippen molar-refractivity contribution < 1.29 is 23.1 Å². The molecule has 0 bridgehead atoms. The van der Waals surface area contributed by atoms with E-state index in [-0.39, 0.29) is 5.56 Å². The number of halogens is 3. The summed E-state index contributed by atoms with van der Waals surface area (Å²) in [6.45, 7) is 0. The highest BCUT2D eigenvalue weighted by Crippen LogP contribution is 2.29. The van der Waals surface area contributed by atoms with Gasteiger partial charge in [-0.3, -0.25) is 4.79 Å². The number of rotatable bonds is 1. The maximum atomic E-state index is 12.3. The lowest BCUT2D eigenvalue weighted by Crippen LogP contribution is -2.04. The fourth-order valence-corrected chi connectivity index (χ4v) is 0.995. The lowest BCUT2D eigenvalue weighted by Gasteiger charge is -2.05. The Morgan fingerprint density at radius 2 is 2.06 bits per heavy atom. The zero-order chi connectivity index (χ0) is 12.2. The number of aliphatic carboxylic acids is 1. The van der Waals surface area contributed by atoms with Crippen molar-refractivity contribution in [2.45, 2.75) is 12.6 Å². The van der Waals surface area contributed by atoms with Gasteiger partial charge in [-0.1, -0.05) is 17.9 Å². The smallest absolute Gasteiger partial charge is 0.416 e. The van der Waals surface area contributed by atoms with Crippen LogP contribution in [0.15, 0.2) is 24.3 Å². The van der Waals surface area contributed by atoms with Crippen molar-refractivity contribution in [1.82, 2.24) is 0 Å². The quantitative estimate of drug-likeness (QED) is 0.750. The van der Waals surface area contributed by atoms with Gasteiger partial charge < -0.3 is 5.11 Å². The average molecular weight is 228 g/mol. The molecule has 1 rings (SSSR count). The minimum atomic E-state index is -4.41. The van der Waals surface area contributed by atoms with E-state index in [2.05, 4.69) is 11.8 Å². The molecular weight excluding hydrogens is 221 g/mol. The third-order valence-electron chi connectivity index (χ3n) is 1.66. The van der Waals surface area contributed by atoms with Crippen LogP contribution in [0, 0.1) is 11.8 Å². The van der Waals surface area contributed by atoms with Crippen LogP contribution in [0.5, 0.6) is 0 Å². The van der Waals surface area contributed by atoms with Gasteiger partial charge in [-0.05, 0) is 18.2 Å². The summed E-state index contributed by atoms with van der Waals surface area (Å²) in [7, 11) is 0. The van der Waals surface area contributed by atoms with Gasteiger partial charge >= 0.3 is 12.1 Å². The van der Waals surface area contributed by atoms with Gasteiger partial charge in [0.05, 0.1) is 5.56 Å². The van der Waals surface area contributed by atoms with E-state index in [0.29, 0.717) is 0 Å². The standard InChI is InChI=1S/C11H7F3O2/c12-11(13,14)9-5-1-3-8(7-9)4-2-6-10(15)16/h1,3,5,7H,6H2,(H,15,16). The summed E-state index contributed by atoms with van der Waals surface area (Å²) in [5.41, 5.74) is -0.647. The molecule has 0 aromatic heterocycles. The fourth-order valence-electron chi connectivity index (χ4n) is 0.995. The molecule has 0 aliphatic carbocycles. The molecule has 0 unspecified atom stereocenters.